The van der Waals surface area contributed by atoms with Crippen LogP contribution in [0.3, 0.4) is 0 Å². The molecule has 0 aliphatic heterocycles. The number of amides is 1. The molecule has 0 saturated heterocycles. The van der Waals surface area contributed by atoms with Gasteiger partial charge in [0, 0.05) is 6.04 Å². The second-order valence-corrected chi connectivity index (χ2v) is 7.73. The molecule has 0 radical (unpaired) electrons. The largest absolute Gasteiger partial charge is 0.451 e. The van der Waals surface area contributed by atoms with Gasteiger partial charge < -0.3 is 10.1 Å². The minimum atomic E-state index is -3.84. The predicted octanol–water partition coefficient (Wildman–Crippen LogP) is 0.872. The summed E-state index contributed by atoms with van der Waals surface area (Å²) in [5.41, 5.74) is 0.928. The van der Waals surface area contributed by atoms with E-state index in [4.69, 9.17) is 4.74 Å². The minimum Gasteiger partial charge on any atom is -0.451 e. The molecule has 2 atom stereocenters. The van der Waals surface area contributed by atoms with Crippen LogP contribution >= 0.6 is 0 Å². The Bertz CT molecular complexity index is 710. The van der Waals surface area contributed by atoms with Crippen LogP contribution in [0, 0.1) is 6.92 Å². The smallest absolute Gasteiger partial charge is 0.324 e. The van der Waals surface area contributed by atoms with Crippen LogP contribution in [0.2, 0.25) is 0 Å². The molecule has 1 aromatic carbocycles. The standard InChI is InChI=1S/C16H22N2O5S/c1-10-4-8-14(9-5-10)24(21,22)18-11(2)16(20)23-12(3)15(19)17-13-6-7-13/h4-5,8-9,11-13,18H,6-7H2,1-3H3,(H,17,19)/t11-,12-/m0/s1. The number of nitrogens with one attached hydrogen (secondary N) is 2. The number of sulfonamides is 1. The first kappa shape index (κ1) is 18.4. The Morgan fingerprint density at radius 1 is 1.17 bits per heavy atom. The number of benzene rings is 1. The summed E-state index contributed by atoms with van der Waals surface area (Å²) in [5, 5.41) is 2.72. The van der Waals surface area contributed by atoms with Crippen molar-refractivity contribution in [3.05, 3.63) is 29.8 Å². The van der Waals surface area contributed by atoms with Crippen LogP contribution in [0.25, 0.3) is 0 Å². The van der Waals surface area contributed by atoms with E-state index in [1.807, 2.05) is 6.92 Å². The molecular formula is C16H22N2O5S. The molecule has 24 heavy (non-hydrogen) atoms. The summed E-state index contributed by atoms with van der Waals surface area (Å²) in [6, 6.07) is 5.32. The summed E-state index contributed by atoms with van der Waals surface area (Å²) in [7, 11) is -3.84. The summed E-state index contributed by atoms with van der Waals surface area (Å²) in [5.74, 6) is -1.18. The normalized spacial score (nSPS) is 17.0. The third-order valence-corrected chi connectivity index (χ3v) is 5.16. The van der Waals surface area contributed by atoms with Crippen LogP contribution in [0.5, 0.6) is 0 Å². The fourth-order valence-electron chi connectivity index (χ4n) is 1.94. The van der Waals surface area contributed by atoms with Gasteiger partial charge in [-0.3, -0.25) is 9.59 Å². The fraction of sp³-hybridized carbons (Fsp3) is 0.500. The number of carbonyl (C=O) groups excluding carboxylic acids is 2. The van der Waals surface area contributed by atoms with Crippen LogP contribution in [-0.2, 0) is 24.3 Å². The molecule has 1 amide bonds. The Kier molecular flexibility index (Phi) is 5.61. The van der Waals surface area contributed by atoms with Crippen LogP contribution in [0.4, 0.5) is 0 Å². The summed E-state index contributed by atoms with van der Waals surface area (Å²) >= 11 is 0. The van der Waals surface area contributed by atoms with Crippen LogP contribution in [0.1, 0.15) is 32.3 Å². The SMILES string of the molecule is Cc1ccc(S(=O)(=O)N[C@@H](C)C(=O)O[C@@H](C)C(=O)NC2CC2)cc1. The van der Waals surface area contributed by atoms with E-state index in [2.05, 4.69) is 10.0 Å². The van der Waals surface area contributed by atoms with E-state index in [1.54, 1.807) is 12.1 Å². The second kappa shape index (κ2) is 7.31. The lowest BCUT2D eigenvalue weighted by molar-refractivity contribution is -0.156. The number of hydrogen-bond acceptors (Lipinski definition) is 5. The molecule has 0 bridgehead atoms. The lowest BCUT2D eigenvalue weighted by Gasteiger charge is -2.17. The molecule has 0 unspecified atom stereocenters. The third-order valence-electron chi connectivity index (χ3n) is 3.60. The van der Waals surface area contributed by atoms with Crippen LogP contribution in [-0.4, -0.2) is 38.5 Å². The number of rotatable bonds is 7. The lowest BCUT2D eigenvalue weighted by atomic mass is 10.2. The maximum Gasteiger partial charge on any atom is 0.324 e. The minimum absolute atomic E-state index is 0.0623. The molecule has 8 heteroatoms. The number of esters is 1. The van der Waals surface area contributed by atoms with Gasteiger partial charge in [0.25, 0.3) is 5.91 Å². The molecule has 1 aliphatic carbocycles. The summed E-state index contributed by atoms with van der Waals surface area (Å²) < 4.78 is 31.7. The highest BCUT2D eigenvalue weighted by molar-refractivity contribution is 7.89. The molecule has 1 aromatic rings. The number of aryl methyl sites for hydroxylation is 1. The van der Waals surface area contributed by atoms with E-state index in [-0.39, 0.29) is 16.8 Å². The first-order valence-electron chi connectivity index (χ1n) is 7.79. The molecule has 132 valence electrons. The van der Waals surface area contributed by atoms with Crippen molar-refractivity contribution in [2.45, 2.75) is 56.7 Å². The predicted molar refractivity (Wildman–Crippen MR) is 87.7 cm³/mol. The second-order valence-electron chi connectivity index (χ2n) is 6.02. The van der Waals surface area contributed by atoms with Crippen molar-refractivity contribution in [2.24, 2.45) is 0 Å². The van der Waals surface area contributed by atoms with E-state index in [1.165, 1.54) is 26.0 Å². The van der Waals surface area contributed by atoms with E-state index in [9.17, 15) is 18.0 Å². The van der Waals surface area contributed by atoms with Gasteiger partial charge in [0.05, 0.1) is 4.90 Å². The Labute approximate surface area is 141 Å². The Morgan fingerprint density at radius 3 is 2.29 bits per heavy atom. The Morgan fingerprint density at radius 2 is 1.75 bits per heavy atom. The van der Waals surface area contributed by atoms with Gasteiger partial charge in [0.1, 0.15) is 6.04 Å². The number of hydrogen-bond donors (Lipinski definition) is 2. The molecule has 0 spiro atoms. The number of carbonyl (C=O) groups is 2. The van der Waals surface area contributed by atoms with Gasteiger partial charge in [-0.05, 0) is 45.7 Å². The van der Waals surface area contributed by atoms with Gasteiger partial charge in [-0.15, -0.1) is 0 Å². The summed E-state index contributed by atoms with van der Waals surface area (Å²) in [4.78, 5) is 23.8. The zero-order valence-corrected chi connectivity index (χ0v) is 14.7. The van der Waals surface area contributed by atoms with Crippen molar-refractivity contribution in [3.8, 4) is 0 Å². The summed E-state index contributed by atoms with van der Waals surface area (Å²) in [6.07, 6.45) is 0.891. The van der Waals surface area contributed by atoms with Crippen LogP contribution in [0.15, 0.2) is 29.2 Å². The molecule has 2 N–H and O–H groups in total. The molecule has 1 saturated carbocycles. The van der Waals surface area contributed by atoms with E-state index in [0.717, 1.165) is 18.4 Å². The van der Waals surface area contributed by atoms with Crippen molar-refractivity contribution in [3.63, 3.8) is 0 Å². The Hall–Kier alpha value is -1.93. The highest BCUT2D eigenvalue weighted by atomic mass is 32.2. The molecule has 7 nitrogen and oxygen atoms in total. The van der Waals surface area contributed by atoms with Gasteiger partial charge in [0.15, 0.2) is 6.10 Å². The molecular weight excluding hydrogens is 332 g/mol. The molecule has 0 heterocycles. The quantitative estimate of drug-likeness (QED) is 0.708. The Balaban J connectivity index is 1.92. The highest BCUT2D eigenvalue weighted by Gasteiger charge is 2.29. The molecule has 1 aliphatic rings. The lowest BCUT2D eigenvalue weighted by Crippen LogP contribution is -2.43. The third kappa shape index (κ3) is 5.04. The van der Waals surface area contributed by atoms with Crippen molar-refractivity contribution in [1.82, 2.24) is 10.0 Å². The van der Waals surface area contributed by atoms with Gasteiger partial charge >= 0.3 is 5.97 Å². The van der Waals surface area contributed by atoms with Crippen LogP contribution < -0.4 is 10.0 Å². The highest BCUT2D eigenvalue weighted by Crippen LogP contribution is 2.19. The number of ether oxygens (including phenoxy) is 1. The zero-order chi connectivity index (χ0) is 17.9. The molecule has 1 fully saturated rings. The van der Waals surface area contributed by atoms with Crippen molar-refractivity contribution >= 4 is 21.9 Å². The van der Waals surface area contributed by atoms with E-state index < -0.39 is 28.1 Å². The maximum atomic E-state index is 12.2. The van der Waals surface area contributed by atoms with Crippen molar-refractivity contribution < 1.29 is 22.7 Å². The maximum absolute atomic E-state index is 12.2. The molecule has 2 rings (SSSR count). The van der Waals surface area contributed by atoms with E-state index in [0.29, 0.717) is 0 Å². The topological polar surface area (TPSA) is 102 Å². The van der Waals surface area contributed by atoms with Crippen molar-refractivity contribution in [2.75, 3.05) is 0 Å². The first-order chi connectivity index (χ1) is 11.2. The monoisotopic (exact) mass is 354 g/mol. The van der Waals surface area contributed by atoms with Gasteiger partial charge in [-0.1, -0.05) is 17.7 Å². The average Bonchev–Trinajstić information content (AvgIpc) is 3.31. The van der Waals surface area contributed by atoms with Gasteiger partial charge in [0.2, 0.25) is 10.0 Å². The average molecular weight is 354 g/mol. The van der Waals surface area contributed by atoms with E-state index >= 15 is 0 Å². The molecule has 0 aromatic heterocycles. The van der Waals surface area contributed by atoms with Gasteiger partial charge in [-0.25, -0.2) is 8.42 Å². The summed E-state index contributed by atoms with van der Waals surface area (Å²) in [6.45, 7) is 4.67. The zero-order valence-electron chi connectivity index (χ0n) is 13.9. The van der Waals surface area contributed by atoms with Crippen molar-refractivity contribution in [1.29, 1.82) is 0 Å². The fourth-order valence-corrected chi connectivity index (χ4v) is 3.13. The first-order valence-corrected chi connectivity index (χ1v) is 9.27. The van der Waals surface area contributed by atoms with Gasteiger partial charge in [-0.2, -0.15) is 4.72 Å².